The summed E-state index contributed by atoms with van der Waals surface area (Å²) in [6.07, 6.45) is 0. The van der Waals surface area contributed by atoms with Gasteiger partial charge in [-0.05, 0) is 56.2 Å². The monoisotopic (exact) mass is 387 g/mol. The van der Waals surface area contributed by atoms with Gasteiger partial charge in [0.05, 0.1) is 18.6 Å². The van der Waals surface area contributed by atoms with E-state index in [1.165, 1.54) is 0 Å². The number of nitrogens with one attached hydrogen (secondary N) is 1. The molecule has 1 heterocycles. The van der Waals surface area contributed by atoms with Gasteiger partial charge in [0.15, 0.2) is 0 Å². The Labute approximate surface area is 158 Å². The summed E-state index contributed by atoms with van der Waals surface area (Å²) in [6.45, 7) is 5.41. The lowest BCUT2D eigenvalue weighted by atomic mass is 10.1. The summed E-state index contributed by atoms with van der Waals surface area (Å²) in [5, 5.41) is 7.89. The molecule has 3 rings (SSSR count). The van der Waals surface area contributed by atoms with Crippen LogP contribution in [-0.2, 0) is 16.6 Å². The van der Waals surface area contributed by atoms with E-state index >= 15 is 0 Å². The molecule has 0 bridgehead atoms. The van der Waals surface area contributed by atoms with Crippen molar-refractivity contribution in [2.75, 3.05) is 7.11 Å². The minimum atomic E-state index is -3.70. The molecule has 0 saturated carbocycles. The molecule has 142 valence electrons. The molecule has 1 aromatic heterocycles. The average Bonchev–Trinajstić information content (AvgIpc) is 3.08. The van der Waals surface area contributed by atoms with Gasteiger partial charge in [0.1, 0.15) is 5.75 Å². The summed E-state index contributed by atoms with van der Waals surface area (Å²) in [5.74, 6) is 1.22. The number of hydrogen-bond donors (Lipinski definition) is 1. The number of aromatic nitrogens is 2. The van der Waals surface area contributed by atoms with E-state index in [1.54, 1.807) is 45.2 Å². The highest BCUT2D eigenvalue weighted by molar-refractivity contribution is 7.89. The van der Waals surface area contributed by atoms with Crippen molar-refractivity contribution in [2.45, 2.75) is 32.2 Å². The molecular weight excluding hydrogens is 366 g/mol. The Morgan fingerprint density at radius 3 is 2.26 bits per heavy atom. The lowest BCUT2D eigenvalue weighted by Gasteiger charge is -2.12. The largest absolute Gasteiger partial charge is 0.497 e. The van der Waals surface area contributed by atoms with Crippen molar-refractivity contribution in [3.05, 3.63) is 59.0 Å². The molecule has 0 aliphatic rings. The van der Waals surface area contributed by atoms with Crippen LogP contribution in [0.4, 0.5) is 0 Å². The maximum atomic E-state index is 12.7. The fraction of sp³-hybridized carbons (Fsp3) is 0.263. The van der Waals surface area contributed by atoms with Gasteiger partial charge in [-0.3, -0.25) is 0 Å². The number of ether oxygens (including phenoxy) is 1. The van der Waals surface area contributed by atoms with Crippen LogP contribution in [0.15, 0.2) is 45.7 Å². The van der Waals surface area contributed by atoms with Gasteiger partial charge in [-0.25, -0.2) is 13.1 Å². The van der Waals surface area contributed by atoms with E-state index in [2.05, 4.69) is 14.9 Å². The molecule has 0 aliphatic heterocycles. The summed E-state index contributed by atoms with van der Waals surface area (Å²) in [5.41, 5.74) is 3.14. The van der Waals surface area contributed by atoms with E-state index in [-0.39, 0.29) is 17.3 Å². The maximum Gasteiger partial charge on any atom is 0.247 e. The molecule has 7 nitrogen and oxygen atoms in total. The van der Waals surface area contributed by atoms with Crippen molar-refractivity contribution in [3.8, 4) is 17.2 Å². The molecule has 0 amide bonds. The van der Waals surface area contributed by atoms with E-state index in [1.807, 2.05) is 19.1 Å². The molecule has 0 fully saturated rings. The Morgan fingerprint density at radius 2 is 1.67 bits per heavy atom. The number of benzene rings is 2. The van der Waals surface area contributed by atoms with Crippen molar-refractivity contribution in [1.82, 2.24) is 14.9 Å². The minimum Gasteiger partial charge on any atom is -0.497 e. The van der Waals surface area contributed by atoms with Crippen molar-refractivity contribution >= 4 is 10.0 Å². The molecule has 2 aromatic carbocycles. The molecule has 27 heavy (non-hydrogen) atoms. The molecular formula is C19H21N3O4S. The molecule has 0 aliphatic carbocycles. The number of aryl methyl sites for hydroxylation is 3. The second kappa shape index (κ2) is 7.50. The number of hydrogen-bond acceptors (Lipinski definition) is 6. The van der Waals surface area contributed by atoms with Crippen molar-refractivity contribution in [3.63, 3.8) is 0 Å². The molecule has 0 radical (unpaired) electrons. The smallest absolute Gasteiger partial charge is 0.247 e. The Kier molecular flexibility index (Phi) is 5.29. The number of methoxy groups -OCH3 is 1. The van der Waals surface area contributed by atoms with Crippen LogP contribution in [0.3, 0.4) is 0 Å². The summed E-state index contributed by atoms with van der Waals surface area (Å²) < 4.78 is 38.6. The Hall–Kier alpha value is -2.71. The average molecular weight is 387 g/mol. The van der Waals surface area contributed by atoms with E-state index in [4.69, 9.17) is 9.15 Å². The van der Waals surface area contributed by atoms with Crippen LogP contribution in [-0.4, -0.2) is 25.7 Å². The van der Waals surface area contributed by atoms with Crippen molar-refractivity contribution in [1.29, 1.82) is 0 Å². The molecule has 1 N–H and O–H groups in total. The standard InChI is InChI=1S/C19H21N3O4S/c1-12-9-13(2)18(14(3)10-12)27(23,24)20-11-17-21-22-19(26-17)15-5-7-16(25-4)8-6-15/h5-10,20H,11H2,1-4H3. The molecule has 0 unspecified atom stereocenters. The molecule has 8 heteroatoms. The van der Waals surface area contributed by atoms with E-state index in [0.717, 1.165) is 16.9 Å². The fourth-order valence-corrected chi connectivity index (χ4v) is 4.42. The fourth-order valence-electron chi connectivity index (χ4n) is 2.99. The number of sulfonamides is 1. The highest BCUT2D eigenvalue weighted by Gasteiger charge is 2.21. The van der Waals surface area contributed by atoms with Crippen LogP contribution in [0.1, 0.15) is 22.6 Å². The highest BCUT2D eigenvalue weighted by atomic mass is 32.2. The predicted molar refractivity (Wildman–Crippen MR) is 101 cm³/mol. The molecule has 0 atom stereocenters. The van der Waals surface area contributed by atoms with E-state index in [9.17, 15) is 8.42 Å². The molecule has 0 spiro atoms. The van der Waals surface area contributed by atoms with Gasteiger partial charge in [-0.15, -0.1) is 10.2 Å². The minimum absolute atomic E-state index is 0.0851. The third kappa shape index (κ3) is 4.17. The number of nitrogens with zero attached hydrogens (tertiary/aromatic N) is 2. The topological polar surface area (TPSA) is 94.3 Å². The molecule has 3 aromatic rings. The third-order valence-corrected chi connectivity index (χ3v) is 5.80. The van der Waals surface area contributed by atoms with Crippen LogP contribution >= 0.6 is 0 Å². The summed E-state index contributed by atoms with van der Waals surface area (Å²) in [4.78, 5) is 0.281. The lowest BCUT2D eigenvalue weighted by Crippen LogP contribution is -2.25. The zero-order chi connectivity index (χ0) is 19.6. The van der Waals surface area contributed by atoms with Crippen LogP contribution in [0.2, 0.25) is 0 Å². The normalized spacial score (nSPS) is 11.6. The van der Waals surface area contributed by atoms with Gasteiger partial charge in [0, 0.05) is 5.56 Å². The summed E-state index contributed by atoms with van der Waals surface area (Å²) in [7, 11) is -2.11. The zero-order valence-corrected chi connectivity index (χ0v) is 16.4. The number of rotatable bonds is 6. The van der Waals surface area contributed by atoms with Crippen LogP contribution in [0, 0.1) is 20.8 Å². The van der Waals surface area contributed by atoms with Crippen molar-refractivity contribution < 1.29 is 17.6 Å². The van der Waals surface area contributed by atoms with Gasteiger partial charge in [-0.2, -0.15) is 0 Å². The van der Waals surface area contributed by atoms with Gasteiger partial charge in [0.2, 0.25) is 21.8 Å². The quantitative estimate of drug-likeness (QED) is 0.698. The third-order valence-electron chi connectivity index (χ3n) is 4.09. The first-order valence-corrected chi connectivity index (χ1v) is 9.83. The first kappa shape index (κ1) is 19.1. The van der Waals surface area contributed by atoms with Crippen LogP contribution < -0.4 is 9.46 Å². The van der Waals surface area contributed by atoms with Gasteiger partial charge in [0.25, 0.3) is 0 Å². The van der Waals surface area contributed by atoms with Gasteiger partial charge >= 0.3 is 0 Å². The van der Waals surface area contributed by atoms with E-state index in [0.29, 0.717) is 17.0 Å². The van der Waals surface area contributed by atoms with Crippen LogP contribution in [0.25, 0.3) is 11.5 Å². The van der Waals surface area contributed by atoms with Crippen molar-refractivity contribution in [2.24, 2.45) is 0 Å². The Balaban J connectivity index is 1.76. The van der Waals surface area contributed by atoms with Gasteiger partial charge in [-0.1, -0.05) is 17.7 Å². The first-order chi connectivity index (χ1) is 12.8. The Bertz CT molecular complexity index is 1030. The summed E-state index contributed by atoms with van der Waals surface area (Å²) >= 11 is 0. The van der Waals surface area contributed by atoms with Crippen LogP contribution in [0.5, 0.6) is 5.75 Å². The lowest BCUT2D eigenvalue weighted by molar-refractivity contribution is 0.415. The maximum absolute atomic E-state index is 12.7. The molecule has 0 saturated heterocycles. The summed E-state index contributed by atoms with van der Waals surface area (Å²) in [6, 6.07) is 10.8. The SMILES string of the molecule is COc1ccc(-c2nnc(CNS(=O)(=O)c3c(C)cc(C)cc3C)o2)cc1. The zero-order valence-electron chi connectivity index (χ0n) is 15.6. The Morgan fingerprint density at radius 1 is 1.04 bits per heavy atom. The second-order valence-corrected chi connectivity index (χ2v) is 7.99. The van der Waals surface area contributed by atoms with Gasteiger partial charge < -0.3 is 9.15 Å². The predicted octanol–water partition coefficient (Wildman–Crippen LogP) is 3.15. The van der Waals surface area contributed by atoms with E-state index < -0.39 is 10.0 Å². The first-order valence-electron chi connectivity index (χ1n) is 8.34. The second-order valence-electron chi connectivity index (χ2n) is 6.28. The highest BCUT2D eigenvalue weighted by Crippen LogP contribution is 2.23.